The molecule has 0 aromatic rings. The maximum Gasteiger partial charge on any atom is 0.0971 e. The third kappa shape index (κ3) is 1.25. The molecule has 0 aromatic carbocycles. The van der Waals surface area contributed by atoms with Crippen LogP contribution in [0.5, 0.6) is 0 Å². The average molecular weight is 129 g/mol. The molecule has 1 fully saturated rings. The first kappa shape index (κ1) is 7.03. The Bertz CT molecular complexity index is 80.9. The van der Waals surface area contributed by atoms with Crippen LogP contribution in [0.15, 0.2) is 0 Å². The van der Waals surface area contributed by atoms with Gasteiger partial charge in [-0.3, -0.25) is 5.32 Å². The second kappa shape index (κ2) is 2.67. The predicted molar refractivity (Wildman–Crippen MR) is 37.3 cm³/mol. The Morgan fingerprint density at radius 3 is 2.33 bits per heavy atom. The third-order valence-corrected chi connectivity index (χ3v) is 2.28. The van der Waals surface area contributed by atoms with Gasteiger partial charge in [0.2, 0.25) is 0 Å². The van der Waals surface area contributed by atoms with Crippen LogP contribution in [0.3, 0.4) is 0 Å². The quantitative estimate of drug-likeness (QED) is 0.603. The van der Waals surface area contributed by atoms with E-state index in [4.69, 9.17) is 4.74 Å². The molecule has 0 bridgehead atoms. The summed E-state index contributed by atoms with van der Waals surface area (Å²) in [5.41, 5.74) is 0.306. The van der Waals surface area contributed by atoms with Crippen LogP contribution in [0.25, 0.3) is 0 Å². The van der Waals surface area contributed by atoms with Gasteiger partial charge in [0.05, 0.1) is 13.3 Å². The summed E-state index contributed by atoms with van der Waals surface area (Å²) in [6.45, 7) is 6.03. The van der Waals surface area contributed by atoms with Gasteiger partial charge in [-0.25, -0.2) is 0 Å². The molecule has 2 heteroatoms. The molecule has 0 spiro atoms. The SMILES string of the molecule is CCC1(CC)COCN1. The van der Waals surface area contributed by atoms with E-state index in [1.165, 1.54) is 12.8 Å². The molecule has 9 heavy (non-hydrogen) atoms. The first-order chi connectivity index (χ1) is 4.33. The molecule has 0 amide bonds. The fourth-order valence-electron chi connectivity index (χ4n) is 1.21. The van der Waals surface area contributed by atoms with Crippen LogP contribution in [0.2, 0.25) is 0 Å². The van der Waals surface area contributed by atoms with Crippen LogP contribution in [0.4, 0.5) is 0 Å². The Morgan fingerprint density at radius 1 is 1.44 bits per heavy atom. The molecule has 0 aliphatic carbocycles. The van der Waals surface area contributed by atoms with Crippen molar-refractivity contribution in [2.75, 3.05) is 13.3 Å². The molecule has 0 unspecified atom stereocenters. The summed E-state index contributed by atoms with van der Waals surface area (Å²) >= 11 is 0. The fraction of sp³-hybridized carbons (Fsp3) is 1.00. The van der Waals surface area contributed by atoms with E-state index in [2.05, 4.69) is 19.2 Å². The zero-order valence-electron chi connectivity index (χ0n) is 6.24. The topological polar surface area (TPSA) is 21.3 Å². The van der Waals surface area contributed by atoms with Gasteiger partial charge in [0.25, 0.3) is 0 Å². The minimum Gasteiger partial charge on any atom is -0.364 e. The highest BCUT2D eigenvalue weighted by Crippen LogP contribution is 2.18. The van der Waals surface area contributed by atoms with E-state index in [-0.39, 0.29) is 0 Å². The van der Waals surface area contributed by atoms with Crippen LogP contribution in [-0.4, -0.2) is 18.9 Å². The Balaban J connectivity index is 2.45. The molecule has 0 atom stereocenters. The maximum atomic E-state index is 5.23. The molecular weight excluding hydrogens is 114 g/mol. The normalized spacial score (nSPS) is 24.7. The first-order valence-electron chi connectivity index (χ1n) is 3.66. The van der Waals surface area contributed by atoms with E-state index >= 15 is 0 Å². The van der Waals surface area contributed by atoms with Crippen molar-refractivity contribution in [2.45, 2.75) is 32.2 Å². The lowest BCUT2D eigenvalue weighted by Gasteiger charge is -2.23. The lowest BCUT2D eigenvalue weighted by Crippen LogP contribution is -2.40. The van der Waals surface area contributed by atoms with Crippen LogP contribution >= 0.6 is 0 Å². The molecule has 1 heterocycles. The summed E-state index contributed by atoms with van der Waals surface area (Å²) in [6, 6.07) is 0. The molecule has 0 radical (unpaired) electrons. The second-order valence-electron chi connectivity index (χ2n) is 2.66. The Labute approximate surface area is 56.6 Å². The standard InChI is InChI=1S/C7H15NO/c1-3-7(4-2)5-9-6-8-7/h8H,3-6H2,1-2H3. The minimum absolute atomic E-state index is 0.306. The first-order valence-corrected chi connectivity index (χ1v) is 3.66. The number of rotatable bonds is 2. The zero-order chi connectivity index (χ0) is 6.74. The van der Waals surface area contributed by atoms with Crippen molar-refractivity contribution in [2.24, 2.45) is 0 Å². The van der Waals surface area contributed by atoms with E-state index in [1.54, 1.807) is 0 Å². The van der Waals surface area contributed by atoms with E-state index < -0.39 is 0 Å². The van der Waals surface area contributed by atoms with Gasteiger partial charge in [-0.15, -0.1) is 0 Å². The van der Waals surface area contributed by atoms with Gasteiger partial charge in [-0.05, 0) is 12.8 Å². The molecule has 1 aliphatic heterocycles. The monoisotopic (exact) mass is 129 g/mol. The molecule has 2 nitrogen and oxygen atoms in total. The predicted octanol–water partition coefficient (Wildman–Crippen LogP) is 1.12. The van der Waals surface area contributed by atoms with Crippen molar-refractivity contribution >= 4 is 0 Å². The molecule has 1 N–H and O–H groups in total. The molecule has 0 saturated carbocycles. The highest BCUT2D eigenvalue weighted by atomic mass is 16.5. The summed E-state index contributed by atoms with van der Waals surface area (Å²) < 4.78 is 5.23. The second-order valence-corrected chi connectivity index (χ2v) is 2.66. The number of nitrogens with one attached hydrogen (secondary N) is 1. The fourth-order valence-corrected chi connectivity index (χ4v) is 1.21. The van der Waals surface area contributed by atoms with Gasteiger partial charge in [-0.1, -0.05) is 13.8 Å². The molecule has 54 valence electrons. The number of hydrogen-bond acceptors (Lipinski definition) is 2. The summed E-state index contributed by atoms with van der Waals surface area (Å²) in [5.74, 6) is 0. The van der Waals surface area contributed by atoms with E-state index in [9.17, 15) is 0 Å². The Hall–Kier alpha value is -0.0800. The van der Waals surface area contributed by atoms with Crippen molar-refractivity contribution in [3.05, 3.63) is 0 Å². The molecular formula is C7H15NO. The van der Waals surface area contributed by atoms with Gasteiger partial charge in [0.15, 0.2) is 0 Å². The minimum atomic E-state index is 0.306. The summed E-state index contributed by atoms with van der Waals surface area (Å²) in [4.78, 5) is 0. The molecule has 1 rings (SSSR count). The van der Waals surface area contributed by atoms with Crippen molar-refractivity contribution in [1.82, 2.24) is 5.32 Å². The highest BCUT2D eigenvalue weighted by molar-refractivity contribution is 4.87. The van der Waals surface area contributed by atoms with E-state index in [0.29, 0.717) is 5.54 Å². The largest absolute Gasteiger partial charge is 0.364 e. The van der Waals surface area contributed by atoms with Gasteiger partial charge >= 0.3 is 0 Å². The summed E-state index contributed by atoms with van der Waals surface area (Å²) in [7, 11) is 0. The average Bonchev–Trinajstić information content (AvgIpc) is 2.36. The summed E-state index contributed by atoms with van der Waals surface area (Å²) in [6.07, 6.45) is 2.34. The lowest BCUT2D eigenvalue weighted by atomic mass is 9.95. The van der Waals surface area contributed by atoms with Crippen LogP contribution < -0.4 is 5.32 Å². The van der Waals surface area contributed by atoms with Crippen LogP contribution in [0, 0.1) is 0 Å². The van der Waals surface area contributed by atoms with Crippen LogP contribution in [0.1, 0.15) is 26.7 Å². The summed E-state index contributed by atoms with van der Waals surface area (Å²) in [5, 5.41) is 3.35. The van der Waals surface area contributed by atoms with E-state index in [1.807, 2.05) is 0 Å². The number of hydrogen-bond donors (Lipinski definition) is 1. The lowest BCUT2D eigenvalue weighted by molar-refractivity contribution is 0.174. The van der Waals surface area contributed by atoms with Crippen molar-refractivity contribution < 1.29 is 4.74 Å². The number of ether oxygens (including phenoxy) is 1. The van der Waals surface area contributed by atoms with Gasteiger partial charge in [0, 0.05) is 5.54 Å². The van der Waals surface area contributed by atoms with Gasteiger partial charge in [0.1, 0.15) is 0 Å². The molecule has 1 saturated heterocycles. The third-order valence-electron chi connectivity index (χ3n) is 2.28. The van der Waals surface area contributed by atoms with E-state index in [0.717, 1.165) is 13.3 Å². The van der Waals surface area contributed by atoms with Crippen molar-refractivity contribution in [3.63, 3.8) is 0 Å². The Kier molecular flexibility index (Phi) is 2.09. The maximum absolute atomic E-state index is 5.23. The Morgan fingerprint density at radius 2 is 2.11 bits per heavy atom. The van der Waals surface area contributed by atoms with Crippen molar-refractivity contribution in [1.29, 1.82) is 0 Å². The smallest absolute Gasteiger partial charge is 0.0971 e. The zero-order valence-corrected chi connectivity index (χ0v) is 6.24. The van der Waals surface area contributed by atoms with Crippen molar-refractivity contribution in [3.8, 4) is 0 Å². The molecule has 1 aliphatic rings. The van der Waals surface area contributed by atoms with Gasteiger partial charge < -0.3 is 4.74 Å². The highest BCUT2D eigenvalue weighted by Gasteiger charge is 2.29. The van der Waals surface area contributed by atoms with Crippen LogP contribution in [-0.2, 0) is 4.74 Å². The van der Waals surface area contributed by atoms with Gasteiger partial charge in [-0.2, -0.15) is 0 Å². The molecule has 0 aromatic heterocycles.